The van der Waals surface area contributed by atoms with Crippen molar-refractivity contribution in [2.45, 2.75) is 23.8 Å². The maximum Gasteiger partial charge on any atom is 0.0508 e. The van der Waals surface area contributed by atoms with E-state index in [4.69, 9.17) is 22.1 Å². The Morgan fingerprint density at radius 1 is 1.41 bits per heavy atom. The molecule has 1 aliphatic heterocycles. The fourth-order valence-corrected chi connectivity index (χ4v) is 3.61. The first-order chi connectivity index (χ1) is 8.16. The van der Waals surface area contributed by atoms with Crippen LogP contribution in [0.2, 0.25) is 5.02 Å². The fourth-order valence-electron chi connectivity index (χ4n) is 1.91. The van der Waals surface area contributed by atoms with E-state index in [9.17, 15) is 4.21 Å². The summed E-state index contributed by atoms with van der Waals surface area (Å²) in [6.45, 7) is 1.43. The highest BCUT2D eigenvalue weighted by atomic mass is 35.5. The largest absolute Gasteiger partial charge is 0.398 e. The summed E-state index contributed by atoms with van der Waals surface area (Å²) in [5, 5.41) is 0.849. The topological polar surface area (TPSA) is 52.3 Å². The van der Waals surface area contributed by atoms with Gasteiger partial charge in [0.25, 0.3) is 0 Å². The normalized spacial score (nSPS) is 19.1. The maximum atomic E-state index is 12.2. The quantitative estimate of drug-likeness (QED) is 0.860. The molecule has 94 valence electrons. The predicted octanol–water partition coefficient (Wildman–Crippen LogP) is 2.35. The van der Waals surface area contributed by atoms with Crippen molar-refractivity contribution in [3.63, 3.8) is 0 Å². The van der Waals surface area contributed by atoms with Crippen LogP contribution in [0.3, 0.4) is 0 Å². The Morgan fingerprint density at radius 3 is 2.76 bits per heavy atom. The maximum absolute atomic E-state index is 12.2. The number of nitrogens with two attached hydrogens (primary N) is 1. The van der Waals surface area contributed by atoms with Gasteiger partial charge in [-0.2, -0.15) is 0 Å². The first kappa shape index (κ1) is 12.9. The van der Waals surface area contributed by atoms with E-state index in [-0.39, 0.29) is 5.25 Å². The third-order valence-corrected chi connectivity index (χ3v) is 4.99. The zero-order valence-corrected chi connectivity index (χ0v) is 11.1. The van der Waals surface area contributed by atoms with Crippen LogP contribution in [0.15, 0.2) is 18.2 Å². The number of hydrogen-bond acceptors (Lipinski definition) is 3. The standard InChI is InChI=1S/C12H16ClNO2S/c13-10-2-1-9(12(14)7-10)8-17(15)11-3-5-16-6-4-11/h1-2,7,11H,3-6,8,14H2. The summed E-state index contributed by atoms with van der Waals surface area (Å²) in [5.41, 5.74) is 7.39. The lowest BCUT2D eigenvalue weighted by Gasteiger charge is -2.21. The Labute approximate surface area is 109 Å². The van der Waals surface area contributed by atoms with Gasteiger partial charge < -0.3 is 10.5 Å². The van der Waals surface area contributed by atoms with Crippen molar-refractivity contribution >= 4 is 28.1 Å². The SMILES string of the molecule is Nc1cc(Cl)ccc1CS(=O)C1CCOCC1. The summed E-state index contributed by atoms with van der Waals surface area (Å²) in [5.74, 6) is 0.508. The van der Waals surface area contributed by atoms with Gasteiger partial charge in [0.2, 0.25) is 0 Å². The van der Waals surface area contributed by atoms with Crippen LogP contribution >= 0.6 is 11.6 Å². The zero-order chi connectivity index (χ0) is 12.3. The van der Waals surface area contributed by atoms with Crippen molar-refractivity contribution in [1.29, 1.82) is 0 Å². The van der Waals surface area contributed by atoms with Crippen molar-refractivity contribution in [1.82, 2.24) is 0 Å². The van der Waals surface area contributed by atoms with Crippen LogP contribution in [-0.2, 0) is 21.3 Å². The van der Waals surface area contributed by atoms with Crippen LogP contribution in [0, 0.1) is 0 Å². The van der Waals surface area contributed by atoms with Crippen LogP contribution < -0.4 is 5.73 Å². The lowest BCUT2D eigenvalue weighted by molar-refractivity contribution is 0.0992. The number of anilines is 1. The number of nitrogen functional groups attached to an aromatic ring is 1. The van der Waals surface area contributed by atoms with E-state index in [2.05, 4.69) is 0 Å². The van der Waals surface area contributed by atoms with Gasteiger partial charge in [-0.15, -0.1) is 0 Å². The highest BCUT2D eigenvalue weighted by Crippen LogP contribution is 2.22. The summed E-state index contributed by atoms with van der Waals surface area (Å²) in [6, 6.07) is 5.35. The average molecular weight is 274 g/mol. The Hall–Kier alpha value is -0.580. The Balaban J connectivity index is 2.02. The monoisotopic (exact) mass is 273 g/mol. The number of rotatable bonds is 3. The minimum atomic E-state index is -0.877. The number of halogens is 1. The molecule has 0 bridgehead atoms. The van der Waals surface area contributed by atoms with E-state index in [0.29, 0.717) is 29.7 Å². The third kappa shape index (κ3) is 3.44. The highest BCUT2D eigenvalue weighted by Gasteiger charge is 2.20. The molecule has 1 unspecified atom stereocenters. The molecule has 1 aliphatic rings. The molecule has 5 heteroatoms. The van der Waals surface area contributed by atoms with Crippen molar-refractivity contribution in [2.24, 2.45) is 0 Å². The van der Waals surface area contributed by atoms with Crippen molar-refractivity contribution in [3.8, 4) is 0 Å². The second kappa shape index (κ2) is 5.85. The van der Waals surface area contributed by atoms with Gasteiger partial charge in [-0.3, -0.25) is 4.21 Å². The van der Waals surface area contributed by atoms with E-state index in [1.54, 1.807) is 12.1 Å². The van der Waals surface area contributed by atoms with Gasteiger partial charge in [0, 0.05) is 40.0 Å². The Morgan fingerprint density at radius 2 is 2.12 bits per heavy atom. The molecule has 1 fully saturated rings. The van der Waals surface area contributed by atoms with Gasteiger partial charge in [0.05, 0.1) is 5.75 Å². The van der Waals surface area contributed by atoms with Gasteiger partial charge in [-0.25, -0.2) is 0 Å². The van der Waals surface area contributed by atoms with E-state index < -0.39 is 10.8 Å². The first-order valence-electron chi connectivity index (χ1n) is 5.65. The van der Waals surface area contributed by atoms with Gasteiger partial charge in [-0.1, -0.05) is 17.7 Å². The van der Waals surface area contributed by atoms with Crippen LogP contribution in [0.5, 0.6) is 0 Å². The molecule has 1 aromatic rings. The first-order valence-corrected chi connectivity index (χ1v) is 7.41. The molecule has 3 nitrogen and oxygen atoms in total. The predicted molar refractivity (Wildman–Crippen MR) is 71.6 cm³/mol. The summed E-state index contributed by atoms with van der Waals surface area (Å²) >= 11 is 5.83. The lowest BCUT2D eigenvalue weighted by atomic mass is 10.2. The second-order valence-corrected chi connectivity index (χ2v) is 6.33. The number of ether oxygens (including phenoxy) is 1. The fraction of sp³-hybridized carbons (Fsp3) is 0.500. The van der Waals surface area contributed by atoms with Crippen molar-refractivity contribution in [2.75, 3.05) is 18.9 Å². The highest BCUT2D eigenvalue weighted by molar-refractivity contribution is 7.84. The smallest absolute Gasteiger partial charge is 0.0508 e. The number of hydrogen-bond donors (Lipinski definition) is 1. The minimum Gasteiger partial charge on any atom is -0.398 e. The molecule has 1 saturated heterocycles. The average Bonchev–Trinajstić information content (AvgIpc) is 2.34. The summed E-state index contributed by atoms with van der Waals surface area (Å²) in [6.07, 6.45) is 1.75. The molecule has 0 aromatic heterocycles. The van der Waals surface area contributed by atoms with E-state index >= 15 is 0 Å². The van der Waals surface area contributed by atoms with Crippen LogP contribution in [-0.4, -0.2) is 22.7 Å². The molecule has 0 aliphatic carbocycles. The molecular formula is C12H16ClNO2S. The lowest BCUT2D eigenvalue weighted by Crippen LogP contribution is -2.25. The zero-order valence-electron chi connectivity index (χ0n) is 9.52. The van der Waals surface area contributed by atoms with Crippen molar-refractivity contribution in [3.05, 3.63) is 28.8 Å². The Bertz CT molecular complexity index is 419. The van der Waals surface area contributed by atoms with Gasteiger partial charge >= 0.3 is 0 Å². The van der Waals surface area contributed by atoms with Gasteiger partial charge in [-0.05, 0) is 30.5 Å². The molecule has 2 rings (SSSR count). The van der Waals surface area contributed by atoms with E-state index in [1.807, 2.05) is 6.07 Å². The molecular weight excluding hydrogens is 258 g/mol. The molecule has 0 spiro atoms. The van der Waals surface area contributed by atoms with Crippen LogP contribution in [0.25, 0.3) is 0 Å². The van der Waals surface area contributed by atoms with Gasteiger partial charge in [0.1, 0.15) is 0 Å². The molecule has 1 atom stereocenters. The summed E-state index contributed by atoms with van der Waals surface area (Å²) in [4.78, 5) is 0. The molecule has 0 radical (unpaired) electrons. The minimum absolute atomic E-state index is 0.235. The second-order valence-electron chi connectivity index (χ2n) is 4.18. The van der Waals surface area contributed by atoms with Crippen LogP contribution in [0.1, 0.15) is 18.4 Å². The van der Waals surface area contributed by atoms with E-state index in [1.165, 1.54) is 0 Å². The molecule has 1 heterocycles. The molecule has 0 amide bonds. The van der Waals surface area contributed by atoms with Crippen molar-refractivity contribution < 1.29 is 8.95 Å². The number of benzene rings is 1. The third-order valence-electron chi connectivity index (χ3n) is 2.95. The Kier molecular flexibility index (Phi) is 4.42. The van der Waals surface area contributed by atoms with Gasteiger partial charge in [0.15, 0.2) is 0 Å². The van der Waals surface area contributed by atoms with Crippen LogP contribution in [0.4, 0.5) is 5.69 Å². The molecule has 17 heavy (non-hydrogen) atoms. The summed E-state index contributed by atoms with van der Waals surface area (Å²) < 4.78 is 17.4. The molecule has 0 saturated carbocycles. The van der Waals surface area contributed by atoms with E-state index in [0.717, 1.165) is 18.4 Å². The molecule has 1 aromatic carbocycles. The molecule has 2 N–H and O–H groups in total. The summed E-state index contributed by atoms with van der Waals surface area (Å²) in [7, 11) is -0.877.